The molecule has 0 spiro atoms. The molecule has 0 aromatic carbocycles. The molecule has 0 aromatic heterocycles. The SMILES string of the molecule is CCCCCC(Cl)C(O)CC(/C=C\C(=O)CCC)C(=O)O. The Hall–Kier alpha value is -0.870. The van der Waals surface area contributed by atoms with E-state index in [1.807, 2.05) is 6.92 Å². The molecular weight excluding hydrogens is 292 g/mol. The number of hydrogen-bond acceptors (Lipinski definition) is 3. The molecule has 2 N–H and O–H groups in total. The molecule has 0 bridgehead atoms. The highest BCUT2D eigenvalue weighted by Crippen LogP contribution is 2.20. The van der Waals surface area contributed by atoms with Crippen molar-refractivity contribution < 1.29 is 19.8 Å². The molecule has 0 heterocycles. The summed E-state index contributed by atoms with van der Waals surface area (Å²) >= 11 is 6.09. The largest absolute Gasteiger partial charge is 0.481 e. The van der Waals surface area contributed by atoms with Gasteiger partial charge in [-0.25, -0.2) is 0 Å². The highest BCUT2D eigenvalue weighted by molar-refractivity contribution is 6.21. The number of hydrogen-bond donors (Lipinski definition) is 2. The summed E-state index contributed by atoms with van der Waals surface area (Å²) in [6, 6.07) is 0. The van der Waals surface area contributed by atoms with Gasteiger partial charge < -0.3 is 10.2 Å². The maximum absolute atomic E-state index is 11.4. The Balaban J connectivity index is 4.42. The van der Waals surface area contributed by atoms with Crippen LogP contribution in [0.3, 0.4) is 0 Å². The predicted molar refractivity (Wildman–Crippen MR) is 84.6 cm³/mol. The highest BCUT2D eigenvalue weighted by atomic mass is 35.5. The molecule has 0 rings (SSSR count). The van der Waals surface area contributed by atoms with Crippen molar-refractivity contribution in [1.29, 1.82) is 0 Å². The monoisotopic (exact) mass is 318 g/mol. The summed E-state index contributed by atoms with van der Waals surface area (Å²) in [5, 5.41) is 18.7. The highest BCUT2D eigenvalue weighted by Gasteiger charge is 2.24. The second-order valence-electron chi connectivity index (χ2n) is 5.33. The van der Waals surface area contributed by atoms with Crippen LogP contribution in [0.1, 0.15) is 58.8 Å². The molecule has 0 aliphatic rings. The van der Waals surface area contributed by atoms with E-state index in [4.69, 9.17) is 16.7 Å². The van der Waals surface area contributed by atoms with E-state index < -0.39 is 23.4 Å². The molecule has 0 saturated carbocycles. The van der Waals surface area contributed by atoms with Crippen molar-refractivity contribution in [2.24, 2.45) is 5.92 Å². The minimum absolute atomic E-state index is 0.0333. The van der Waals surface area contributed by atoms with Crippen LogP contribution in [0.2, 0.25) is 0 Å². The van der Waals surface area contributed by atoms with Gasteiger partial charge in [0.05, 0.1) is 17.4 Å². The van der Waals surface area contributed by atoms with E-state index in [-0.39, 0.29) is 12.2 Å². The van der Waals surface area contributed by atoms with Crippen LogP contribution >= 0.6 is 11.6 Å². The van der Waals surface area contributed by atoms with Gasteiger partial charge in [-0.1, -0.05) is 39.2 Å². The quantitative estimate of drug-likeness (QED) is 0.328. The van der Waals surface area contributed by atoms with Crippen LogP contribution in [0.5, 0.6) is 0 Å². The number of allylic oxidation sites excluding steroid dienone is 1. The second kappa shape index (κ2) is 11.8. The molecule has 0 radical (unpaired) electrons. The van der Waals surface area contributed by atoms with Gasteiger partial charge in [0.1, 0.15) is 0 Å². The average Bonchev–Trinajstić information content (AvgIpc) is 2.43. The molecular formula is C16H27ClO4. The number of unbranched alkanes of at least 4 members (excludes halogenated alkanes) is 2. The van der Waals surface area contributed by atoms with Crippen molar-refractivity contribution in [3.63, 3.8) is 0 Å². The van der Waals surface area contributed by atoms with Crippen molar-refractivity contribution in [2.45, 2.75) is 70.3 Å². The van der Waals surface area contributed by atoms with E-state index in [9.17, 15) is 14.7 Å². The van der Waals surface area contributed by atoms with Crippen LogP contribution in [-0.4, -0.2) is 33.4 Å². The van der Waals surface area contributed by atoms with E-state index in [1.165, 1.54) is 12.2 Å². The third-order valence-corrected chi connectivity index (χ3v) is 3.83. The first-order valence-electron chi connectivity index (χ1n) is 7.68. The van der Waals surface area contributed by atoms with Gasteiger partial charge in [0.25, 0.3) is 0 Å². The Kier molecular flexibility index (Phi) is 11.3. The lowest BCUT2D eigenvalue weighted by Crippen LogP contribution is -2.26. The first kappa shape index (κ1) is 20.1. The lowest BCUT2D eigenvalue weighted by atomic mass is 9.96. The summed E-state index contributed by atoms with van der Waals surface area (Å²) in [5.74, 6) is -2.02. The minimum Gasteiger partial charge on any atom is -0.481 e. The zero-order valence-electron chi connectivity index (χ0n) is 12.9. The van der Waals surface area contributed by atoms with Gasteiger partial charge >= 0.3 is 5.97 Å². The summed E-state index contributed by atoms with van der Waals surface area (Å²) in [5.41, 5.74) is 0. The fraction of sp³-hybridized carbons (Fsp3) is 0.750. The van der Waals surface area contributed by atoms with E-state index >= 15 is 0 Å². The Morgan fingerprint density at radius 2 is 1.86 bits per heavy atom. The van der Waals surface area contributed by atoms with Crippen molar-refractivity contribution >= 4 is 23.4 Å². The Labute approximate surface area is 132 Å². The fourth-order valence-electron chi connectivity index (χ4n) is 2.00. The summed E-state index contributed by atoms with van der Waals surface area (Å²) in [6.07, 6.45) is 6.65. The molecule has 0 fully saturated rings. The summed E-state index contributed by atoms with van der Waals surface area (Å²) in [7, 11) is 0. The maximum atomic E-state index is 11.4. The molecule has 5 heteroatoms. The normalized spacial score (nSPS) is 15.8. The van der Waals surface area contributed by atoms with Gasteiger partial charge in [0.2, 0.25) is 0 Å². The van der Waals surface area contributed by atoms with Crippen molar-refractivity contribution in [2.75, 3.05) is 0 Å². The van der Waals surface area contributed by atoms with Crippen LogP contribution in [0.4, 0.5) is 0 Å². The van der Waals surface area contributed by atoms with Gasteiger partial charge in [-0.3, -0.25) is 9.59 Å². The van der Waals surface area contributed by atoms with Gasteiger partial charge in [-0.15, -0.1) is 11.6 Å². The lowest BCUT2D eigenvalue weighted by Gasteiger charge is -2.19. The van der Waals surface area contributed by atoms with Crippen LogP contribution < -0.4 is 0 Å². The van der Waals surface area contributed by atoms with Gasteiger partial charge in [0.15, 0.2) is 5.78 Å². The van der Waals surface area contributed by atoms with Crippen LogP contribution in [0.25, 0.3) is 0 Å². The number of alkyl halides is 1. The molecule has 4 nitrogen and oxygen atoms in total. The first-order valence-corrected chi connectivity index (χ1v) is 8.11. The second-order valence-corrected chi connectivity index (χ2v) is 5.90. The van der Waals surface area contributed by atoms with Crippen LogP contribution in [-0.2, 0) is 9.59 Å². The number of carbonyl (C=O) groups is 2. The topological polar surface area (TPSA) is 74.6 Å². The molecule has 21 heavy (non-hydrogen) atoms. The third kappa shape index (κ3) is 9.64. The standard InChI is InChI=1S/C16H27ClO4/c1-3-5-6-8-14(17)15(19)11-12(16(20)21)9-10-13(18)7-4-2/h9-10,12,14-15,19H,3-8,11H2,1-2H3,(H,20,21)/b10-9-. The van der Waals surface area contributed by atoms with Crippen molar-refractivity contribution in [3.05, 3.63) is 12.2 Å². The number of halogens is 1. The number of carboxylic acids is 1. The predicted octanol–water partition coefficient (Wildman–Crippen LogP) is 3.55. The van der Waals surface area contributed by atoms with Gasteiger partial charge in [-0.05, 0) is 25.3 Å². The van der Waals surface area contributed by atoms with E-state index in [0.29, 0.717) is 12.8 Å². The fourth-order valence-corrected chi connectivity index (χ4v) is 2.26. The maximum Gasteiger partial charge on any atom is 0.310 e. The van der Waals surface area contributed by atoms with Crippen molar-refractivity contribution in [3.8, 4) is 0 Å². The number of carboxylic acid groups (broad SMARTS) is 1. The molecule has 3 unspecified atom stereocenters. The number of rotatable bonds is 12. The number of carbonyl (C=O) groups excluding carboxylic acids is 1. The Bertz CT molecular complexity index is 341. The average molecular weight is 319 g/mol. The lowest BCUT2D eigenvalue weighted by molar-refractivity contribution is -0.141. The first-order chi connectivity index (χ1) is 9.92. The smallest absolute Gasteiger partial charge is 0.310 e. The summed E-state index contributed by atoms with van der Waals surface area (Å²) in [6.45, 7) is 3.97. The number of aliphatic hydroxyl groups excluding tert-OH is 1. The number of aliphatic carboxylic acids is 1. The zero-order chi connectivity index (χ0) is 16.3. The molecule has 0 aromatic rings. The summed E-state index contributed by atoms with van der Waals surface area (Å²) in [4.78, 5) is 22.6. The number of aliphatic hydroxyl groups is 1. The van der Waals surface area contributed by atoms with Gasteiger partial charge in [-0.2, -0.15) is 0 Å². The minimum atomic E-state index is -1.05. The molecule has 0 aliphatic heterocycles. The van der Waals surface area contributed by atoms with Crippen LogP contribution in [0, 0.1) is 5.92 Å². The third-order valence-electron chi connectivity index (χ3n) is 3.32. The molecule has 122 valence electrons. The van der Waals surface area contributed by atoms with E-state index in [0.717, 1.165) is 25.7 Å². The van der Waals surface area contributed by atoms with Crippen molar-refractivity contribution in [1.82, 2.24) is 0 Å². The number of ketones is 1. The molecule has 3 atom stereocenters. The molecule has 0 amide bonds. The Morgan fingerprint density at radius 1 is 1.19 bits per heavy atom. The van der Waals surface area contributed by atoms with E-state index in [1.54, 1.807) is 0 Å². The van der Waals surface area contributed by atoms with Gasteiger partial charge in [0, 0.05) is 6.42 Å². The molecule has 0 saturated heterocycles. The summed E-state index contributed by atoms with van der Waals surface area (Å²) < 4.78 is 0. The molecule has 0 aliphatic carbocycles. The van der Waals surface area contributed by atoms with Crippen LogP contribution in [0.15, 0.2) is 12.2 Å². The Morgan fingerprint density at radius 3 is 2.38 bits per heavy atom. The zero-order valence-corrected chi connectivity index (χ0v) is 13.7. The van der Waals surface area contributed by atoms with E-state index in [2.05, 4.69) is 6.92 Å².